The Morgan fingerprint density at radius 3 is 2.82 bits per heavy atom. The molecular weight excluding hydrogens is 230 g/mol. The van der Waals surface area contributed by atoms with Crippen LogP contribution in [0.25, 0.3) is 0 Å². The minimum atomic E-state index is 0.389. The van der Waals surface area contributed by atoms with Gasteiger partial charge in [-0.2, -0.15) is 0 Å². The van der Waals surface area contributed by atoms with Crippen molar-refractivity contribution >= 4 is 17.0 Å². The average Bonchev–Trinajstić information content (AvgIpc) is 2.76. The highest BCUT2D eigenvalue weighted by Crippen LogP contribution is 2.43. The van der Waals surface area contributed by atoms with Crippen LogP contribution >= 0.6 is 11.3 Å². The Balaban J connectivity index is 1.98. The summed E-state index contributed by atoms with van der Waals surface area (Å²) in [4.78, 5) is 0. The van der Waals surface area contributed by atoms with Gasteiger partial charge in [0.05, 0.1) is 0 Å². The van der Waals surface area contributed by atoms with E-state index in [1.807, 2.05) is 17.6 Å². The largest absolute Gasteiger partial charge is 0.399 e. The van der Waals surface area contributed by atoms with Crippen LogP contribution in [0.4, 0.5) is 5.69 Å². The molecule has 0 bridgehead atoms. The Kier molecular flexibility index (Phi) is 2.81. The molecule has 0 amide bonds. The number of rotatable bonds is 3. The van der Waals surface area contributed by atoms with E-state index in [9.17, 15) is 0 Å². The predicted octanol–water partition coefficient (Wildman–Crippen LogP) is 3.05. The normalized spacial score (nSPS) is 17.6. The summed E-state index contributed by atoms with van der Waals surface area (Å²) in [6.45, 7) is 0. The fourth-order valence-electron chi connectivity index (χ4n) is 2.46. The van der Waals surface area contributed by atoms with E-state index in [0.29, 0.717) is 11.8 Å². The predicted molar refractivity (Wildman–Crippen MR) is 69.9 cm³/mol. The third kappa shape index (κ3) is 2.05. The molecule has 1 unspecified atom stereocenters. The van der Waals surface area contributed by atoms with Crippen molar-refractivity contribution < 1.29 is 0 Å². The van der Waals surface area contributed by atoms with Gasteiger partial charge in [0.15, 0.2) is 0 Å². The van der Waals surface area contributed by atoms with Gasteiger partial charge in [0.25, 0.3) is 0 Å². The first kappa shape index (κ1) is 10.7. The Labute approximate surface area is 105 Å². The molecule has 0 spiro atoms. The minimum absolute atomic E-state index is 0.389. The fourth-order valence-corrected chi connectivity index (χ4v) is 3.23. The van der Waals surface area contributed by atoms with Gasteiger partial charge >= 0.3 is 0 Å². The molecule has 1 aromatic heterocycles. The van der Waals surface area contributed by atoms with E-state index >= 15 is 0 Å². The summed E-state index contributed by atoms with van der Waals surface area (Å²) >= 11 is 1.65. The van der Waals surface area contributed by atoms with Crippen LogP contribution in [0.3, 0.4) is 0 Å². The number of hydrogen-bond acceptors (Lipinski definition) is 4. The molecule has 1 aromatic carbocycles. The second-order valence-corrected chi connectivity index (χ2v) is 5.48. The van der Waals surface area contributed by atoms with Crippen molar-refractivity contribution in [1.29, 1.82) is 0 Å². The maximum absolute atomic E-state index is 5.88. The van der Waals surface area contributed by atoms with E-state index in [2.05, 4.69) is 22.3 Å². The summed E-state index contributed by atoms with van der Waals surface area (Å²) in [5, 5.41) is 9.35. The van der Waals surface area contributed by atoms with E-state index in [4.69, 9.17) is 5.73 Å². The molecule has 2 N–H and O–H groups in total. The highest BCUT2D eigenvalue weighted by molar-refractivity contribution is 7.09. The number of anilines is 1. The van der Waals surface area contributed by atoms with Gasteiger partial charge in [-0.25, -0.2) is 0 Å². The van der Waals surface area contributed by atoms with E-state index < -0.39 is 0 Å². The summed E-state index contributed by atoms with van der Waals surface area (Å²) in [5.74, 6) is 1.10. The van der Waals surface area contributed by atoms with Crippen LogP contribution in [-0.4, -0.2) is 10.2 Å². The highest BCUT2D eigenvalue weighted by Gasteiger charge is 2.31. The molecule has 1 aliphatic carbocycles. The minimum Gasteiger partial charge on any atom is -0.399 e. The molecule has 4 heteroatoms. The molecule has 1 atom stereocenters. The summed E-state index contributed by atoms with van der Waals surface area (Å²) in [5.41, 5.74) is 9.80. The van der Waals surface area contributed by atoms with E-state index in [1.54, 1.807) is 11.3 Å². The monoisotopic (exact) mass is 245 g/mol. The maximum atomic E-state index is 5.88. The molecule has 17 heavy (non-hydrogen) atoms. The summed E-state index contributed by atoms with van der Waals surface area (Å²) < 4.78 is 0. The number of nitrogen functional groups attached to an aromatic ring is 1. The first-order valence-electron chi connectivity index (χ1n) is 5.96. The van der Waals surface area contributed by atoms with Gasteiger partial charge in [0.1, 0.15) is 10.5 Å². The van der Waals surface area contributed by atoms with Gasteiger partial charge in [0.2, 0.25) is 0 Å². The smallest absolute Gasteiger partial charge is 0.124 e. The van der Waals surface area contributed by atoms with Crippen molar-refractivity contribution in [2.45, 2.75) is 25.2 Å². The van der Waals surface area contributed by atoms with Crippen molar-refractivity contribution in [2.75, 3.05) is 5.73 Å². The summed E-state index contributed by atoms with van der Waals surface area (Å²) in [6.07, 6.45) is 3.92. The fraction of sp³-hybridized carbons (Fsp3) is 0.385. The summed E-state index contributed by atoms with van der Waals surface area (Å²) in [6, 6.07) is 8.18. The molecule has 88 valence electrons. The quantitative estimate of drug-likeness (QED) is 0.845. The standard InChI is InChI=1S/C13H15N3S/c14-11-6-2-5-10(7-11)12(9-3-1-4-9)13-16-15-8-17-13/h2,5-9,12H,1,3-4,14H2. The van der Waals surface area contributed by atoms with Crippen molar-refractivity contribution in [2.24, 2.45) is 5.92 Å². The zero-order chi connectivity index (χ0) is 11.7. The maximum Gasteiger partial charge on any atom is 0.124 e. The lowest BCUT2D eigenvalue weighted by molar-refractivity contribution is 0.283. The van der Waals surface area contributed by atoms with Crippen molar-refractivity contribution in [1.82, 2.24) is 10.2 Å². The van der Waals surface area contributed by atoms with E-state index in [1.165, 1.54) is 24.8 Å². The molecular formula is C13H15N3S. The van der Waals surface area contributed by atoms with Crippen molar-refractivity contribution in [3.8, 4) is 0 Å². The Morgan fingerprint density at radius 2 is 2.24 bits per heavy atom. The SMILES string of the molecule is Nc1cccc(C(c2nncs2)C2CCC2)c1. The van der Waals surface area contributed by atoms with Crippen LogP contribution in [0.2, 0.25) is 0 Å². The van der Waals surface area contributed by atoms with Gasteiger partial charge in [-0.3, -0.25) is 0 Å². The van der Waals surface area contributed by atoms with Crippen LogP contribution in [0.1, 0.15) is 35.8 Å². The van der Waals surface area contributed by atoms with Crippen LogP contribution in [0.15, 0.2) is 29.8 Å². The molecule has 0 aliphatic heterocycles. The summed E-state index contributed by atoms with van der Waals surface area (Å²) in [7, 11) is 0. The second kappa shape index (κ2) is 4.45. The number of benzene rings is 1. The molecule has 3 rings (SSSR count). The van der Waals surface area contributed by atoms with E-state index in [0.717, 1.165) is 10.7 Å². The lowest BCUT2D eigenvalue weighted by Crippen LogP contribution is -2.21. The first-order valence-corrected chi connectivity index (χ1v) is 6.84. The van der Waals surface area contributed by atoms with Crippen LogP contribution in [-0.2, 0) is 0 Å². The molecule has 1 aliphatic rings. The van der Waals surface area contributed by atoms with Gasteiger partial charge < -0.3 is 5.73 Å². The number of nitrogens with zero attached hydrogens (tertiary/aromatic N) is 2. The van der Waals surface area contributed by atoms with Gasteiger partial charge in [-0.15, -0.1) is 21.5 Å². The first-order chi connectivity index (χ1) is 8.34. The number of nitrogens with two attached hydrogens (primary N) is 1. The lowest BCUT2D eigenvalue weighted by atomic mass is 9.73. The molecule has 1 saturated carbocycles. The molecule has 1 heterocycles. The Bertz CT molecular complexity index is 491. The van der Waals surface area contributed by atoms with E-state index in [-0.39, 0.29) is 0 Å². The number of hydrogen-bond donors (Lipinski definition) is 1. The molecule has 3 nitrogen and oxygen atoms in total. The molecule has 1 fully saturated rings. The lowest BCUT2D eigenvalue weighted by Gasteiger charge is -2.32. The molecule has 2 aromatic rings. The molecule has 0 radical (unpaired) electrons. The van der Waals surface area contributed by atoms with Gasteiger partial charge in [0, 0.05) is 11.6 Å². The van der Waals surface area contributed by atoms with Crippen molar-refractivity contribution in [3.05, 3.63) is 40.3 Å². The van der Waals surface area contributed by atoms with Crippen LogP contribution in [0.5, 0.6) is 0 Å². The van der Waals surface area contributed by atoms with Crippen LogP contribution < -0.4 is 5.73 Å². The van der Waals surface area contributed by atoms with Crippen molar-refractivity contribution in [3.63, 3.8) is 0 Å². The Hall–Kier alpha value is -1.42. The topological polar surface area (TPSA) is 51.8 Å². The third-order valence-corrected chi connectivity index (χ3v) is 4.31. The second-order valence-electron chi connectivity index (χ2n) is 4.62. The zero-order valence-electron chi connectivity index (χ0n) is 9.54. The highest BCUT2D eigenvalue weighted by atomic mass is 32.1. The number of aromatic nitrogens is 2. The zero-order valence-corrected chi connectivity index (χ0v) is 10.4. The average molecular weight is 245 g/mol. The van der Waals surface area contributed by atoms with Gasteiger partial charge in [-0.05, 0) is 36.5 Å². The van der Waals surface area contributed by atoms with Crippen LogP contribution in [0, 0.1) is 5.92 Å². The van der Waals surface area contributed by atoms with Gasteiger partial charge in [-0.1, -0.05) is 18.6 Å². The Morgan fingerprint density at radius 1 is 1.35 bits per heavy atom. The molecule has 0 saturated heterocycles. The third-order valence-electron chi connectivity index (χ3n) is 3.53.